The number of hydrazine groups is 1. The molecule has 0 amide bonds. The monoisotopic (exact) mass is 279 g/mol. The van der Waals surface area contributed by atoms with E-state index in [0.29, 0.717) is 22.5 Å². The highest BCUT2D eigenvalue weighted by atomic mass is 35.5. The summed E-state index contributed by atoms with van der Waals surface area (Å²) in [5.41, 5.74) is 5.52. The summed E-state index contributed by atoms with van der Waals surface area (Å²) >= 11 is 6.19. The van der Waals surface area contributed by atoms with Gasteiger partial charge in [0.25, 0.3) is 0 Å². The standard InChI is InChI=1S/C14H18ClN3O/c1-7(2)9-6-10-8(3)5-11(15)13(19-4)12(10)17-14(9)18-16/h5-7H,16H2,1-4H3,(H,17,18). The van der Waals surface area contributed by atoms with Crippen molar-refractivity contribution in [2.24, 2.45) is 5.84 Å². The fourth-order valence-electron chi connectivity index (χ4n) is 2.20. The molecular weight excluding hydrogens is 262 g/mol. The quantitative estimate of drug-likeness (QED) is 0.665. The SMILES string of the molecule is COc1c(Cl)cc(C)c2cc(C(C)C)c(NN)nc12. The molecular formula is C14H18ClN3O. The molecule has 3 N–H and O–H groups in total. The first kappa shape index (κ1) is 13.9. The lowest BCUT2D eigenvalue weighted by atomic mass is 9.99. The molecule has 2 rings (SSSR count). The van der Waals surface area contributed by atoms with Gasteiger partial charge in [-0.2, -0.15) is 0 Å². The van der Waals surface area contributed by atoms with E-state index in [0.717, 1.165) is 22.0 Å². The maximum absolute atomic E-state index is 6.19. The van der Waals surface area contributed by atoms with Crippen LogP contribution in [0.5, 0.6) is 5.75 Å². The molecule has 1 heterocycles. The lowest BCUT2D eigenvalue weighted by Crippen LogP contribution is -2.12. The second kappa shape index (κ2) is 5.23. The van der Waals surface area contributed by atoms with E-state index in [2.05, 4.69) is 30.3 Å². The van der Waals surface area contributed by atoms with Gasteiger partial charge in [0.2, 0.25) is 0 Å². The smallest absolute Gasteiger partial charge is 0.163 e. The average molecular weight is 280 g/mol. The summed E-state index contributed by atoms with van der Waals surface area (Å²) < 4.78 is 5.35. The van der Waals surface area contributed by atoms with E-state index in [4.69, 9.17) is 22.2 Å². The summed E-state index contributed by atoms with van der Waals surface area (Å²) in [5.74, 6) is 7.12. The van der Waals surface area contributed by atoms with Gasteiger partial charge in [-0.1, -0.05) is 25.4 Å². The van der Waals surface area contributed by atoms with Gasteiger partial charge in [-0.15, -0.1) is 0 Å². The highest BCUT2D eigenvalue weighted by Crippen LogP contribution is 2.37. The Morgan fingerprint density at radius 3 is 2.58 bits per heavy atom. The van der Waals surface area contributed by atoms with Crippen LogP contribution in [0.15, 0.2) is 12.1 Å². The Morgan fingerprint density at radius 2 is 2.05 bits per heavy atom. The molecule has 0 aliphatic heterocycles. The number of nitrogens with two attached hydrogens (primary N) is 1. The van der Waals surface area contributed by atoms with Crippen LogP contribution in [0, 0.1) is 6.92 Å². The first-order valence-electron chi connectivity index (χ1n) is 6.14. The zero-order valence-electron chi connectivity index (χ0n) is 11.5. The van der Waals surface area contributed by atoms with Gasteiger partial charge < -0.3 is 10.2 Å². The van der Waals surface area contributed by atoms with Gasteiger partial charge in [0, 0.05) is 5.39 Å². The van der Waals surface area contributed by atoms with Crippen molar-refractivity contribution >= 4 is 28.3 Å². The van der Waals surface area contributed by atoms with Crippen molar-refractivity contribution in [1.29, 1.82) is 0 Å². The van der Waals surface area contributed by atoms with Crippen molar-refractivity contribution < 1.29 is 4.74 Å². The predicted molar refractivity (Wildman–Crippen MR) is 79.9 cm³/mol. The van der Waals surface area contributed by atoms with Gasteiger partial charge in [0.15, 0.2) is 5.75 Å². The molecule has 5 heteroatoms. The fourth-order valence-corrected chi connectivity index (χ4v) is 2.53. The summed E-state index contributed by atoms with van der Waals surface area (Å²) in [5, 5.41) is 1.59. The number of rotatable bonds is 3. The number of pyridine rings is 1. The first-order chi connectivity index (χ1) is 8.99. The number of nitrogen functional groups attached to an aromatic ring is 1. The van der Waals surface area contributed by atoms with Crippen LogP contribution in [0.2, 0.25) is 5.02 Å². The second-order valence-electron chi connectivity index (χ2n) is 4.83. The van der Waals surface area contributed by atoms with E-state index < -0.39 is 0 Å². The molecule has 1 aromatic heterocycles. The molecule has 0 atom stereocenters. The van der Waals surface area contributed by atoms with E-state index in [1.165, 1.54) is 0 Å². The molecule has 0 aliphatic carbocycles. The van der Waals surface area contributed by atoms with Crippen molar-refractivity contribution in [2.75, 3.05) is 12.5 Å². The lowest BCUT2D eigenvalue weighted by molar-refractivity contribution is 0.419. The Balaban J connectivity index is 2.87. The highest BCUT2D eigenvalue weighted by Gasteiger charge is 2.16. The summed E-state index contributed by atoms with van der Waals surface area (Å²) in [6.07, 6.45) is 0. The summed E-state index contributed by atoms with van der Waals surface area (Å²) in [6.45, 7) is 6.22. The number of benzene rings is 1. The van der Waals surface area contributed by atoms with E-state index in [1.54, 1.807) is 7.11 Å². The second-order valence-corrected chi connectivity index (χ2v) is 5.24. The van der Waals surface area contributed by atoms with E-state index in [9.17, 15) is 0 Å². The molecule has 0 bridgehead atoms. The molecule has 0 saturated heterocycles. The number of nitrogens with zero attached hydrogens (tertiary/aromatic N) is 1. The maximum atomic E-state index is 6.19. The van der Waals surface area contributed by atoms with Gasteiger partial charge in [-0.3, -0.25) is 0 Å². The number of halogens is 1. The van der Waals surface area contributed by atoms with Gasteiger partial charge >= 0.3 is 0 Å². The molecule has 102 valence electrons. The molecule has 0 aliphatic rings. The largest absolute Gasteiger partial charge is 0.493 e. The molecule has 0 radical (unpaired) electrons. The third-order valence-electron chi connectivity index (χ3n) is 3.21. The van der Waals surface area contributed by atoms with Crippen molar-refractivity contribution in [3.05, 3.63) is 28.3 Å². The Kier molecular flexibility index (Phi) is 3.83. The Bertz CT molecular complexity index is 626. The van der Waals surface area contributed by atoms with Crippen molar-refractivity contribution in [3.63, 3.8) is 0 Å². The van der Waals surface area contributed by atoms with Gasteiger partial charge in [-0.05, 0) is 36.1 Å². The molecule has 0 spiro atoms. The average Bonchev–Trinajstić information content (AvgIpc) is 2.37. The van der Waals surface area contributed by atoms with Crippen molar-refractivity contribution in [2.45, 2.75) is 26.7 Å². The number of ether oxygens (including phenoxy) is 1. The zero-order valence-corrected chi connectivity index (χ0v) is 12.3. The minimum Gasteiger partial charge on any atom is -0.493 e. The molecule has 0 saturated carbocycles. The summed E-state index contributed by atoms with van der Waals surface area (Å²) in [7, 11) is 1.59. The number of hydrogen-bond acceptors (Lipinski definition) is 4. The number of nitrogens with one attached hydrogen (secondary N) is 1. The van der Waals surface area contributed by atoms with E-state index in [-0.39, 0.29) is 0 Å². The summed E-state index contributed by atoms with van der Waals surface area (Å²) in [6, 6.07) is 3.99. The number of aromatic nitrogens is 1. The van der Waals surface area contributed by atoms with Crippen LogP contribution >= 0.6 is 11.6 Å². The minimum absolute atomic E-state index is 0.323. The van der Waals surface area contributed by atoms with Gasteiger partial charge in [-0.25, -0.2) is 10.8 Å². The van der Waals surface area contributed by atoms with Crippen LogP contribution in [0.25, 0.3) is 10.9 Å². The van der Waals surface area contributed by atoms with Crippen LogP contribution < -0.4 is 16.0 Å². The molecule has 4 nitrogen and oxygen atoms in total. The number of aryl methyl sites for hydroxylation is 1. The van der Waals surface area contributed by atoms with Crippen molar-refractivity contribution in [1.82, 2.24) is 4.98 Å². The zero-order chi connectivity index (χ0) is 14.2. The molecule has 2 aromatic rings. The molecule has 1 aromatic carbocycles. The molecule has 0 unspecified atom stereocenters. The van der Waals surface area contributed by atoms with E-state index in [1.807, 2.05) is 13.0 Å². The Labute approximate surface area is 117 Å². The number of anilines is 1. The topological polar surface area (TPSA) is 60.2 Å². The van der Waals surface area contributed by atoms with Crippen LogP contribution in [-0.2, 0) is 0 Å². The van der Waals surface area contributed by atoms with Gasteiger partial charge in [0.1, 0.15) is 11.3 Å². The Hall–Kier alpha value is -1.52. The van der Waals surface area contributed by atoms with Crippen LogP contribution in [0.3, 0.4) is 0 Å². The lowest BCUT2D eigenvalue weighted by Gasteiger charge is -2.16. The van der Waals surface area contributed by atoms with Gasteiger partial charge in [0.05, 0.1) is 12.1 Å². The molecule has 0 fully saturated rings. The molecule has 19 heavy (non-hydrogen) atoms. The third-order valence-corrected chi connectivity index (χ3v) is 3.50. The predicted octanol–water partition coefficient (Wildman–Crippen LogP) is 3.61. The van der Waals surface area contributed by atoms with Crippen LogP contribution in [0.4, 0.5) is 5.82 Å². The van der Waals surface area contributed by atoms with Crippen LogP contribution in [0.1, 0.15) is 30.9 Å². The third kappa shape index (κ3) is 2.33. The highest BCUT2D eigenvalue weighted by molar-refractivity contribution is 6.33. The van der Waals surface area contributed by atoms with Crippen molar-refractivity contribution in [3.8, 4) is 5.75 Å². The Morgan fingerprint density at radius 1 is 1.37 bits per heavy atom. The van der Waals surface area contributed by atoms with Crippen LogP contribution in [-0.4, -0.2) is 12.1 Å². The first-order valence-corrected chi connectivity index (χ1v) is 6.51. The normalized spacial score (nSPS) is 11.1. The maximum Gasteiger partial charge on any atom is 0.163 e. The number of methoxy groups -OCH3 is 1. The summed E-state index contributed by atoms with van der Waals surface area (Å²) in [4.78, 5) is 4.56. The number of hydrogen-bond donors (Lipinski definition) is 2. The minimum atomic E-state index is 0.323. The fraction of sp³-hybridized carbons (Fsp3) is 0.357. The van der Waals surface area contributed by atoms with E-state index >= 15 is 0 Å². The number of fused-ring (bicyclic) bond motifs is 1.